The van der Waals surface area contributed by atoms with Crippen molar-refractivity contribution in [3.63, 3.8) is 0 Å². The molecule has 0 saturated carbocycles. The molecule has 1 heterocycles. The van der Waals surface area contributed by atoms with Crippen LogP contribution in [0, 0.1) is 0 Å². The highest BCUT2D eigenvalue weighted by atomic mass is 16.1. The van der Waals surface area contributed by atoms with Crippen molar-refractivity contribution in [2.24, 2.45) is 0 Å². The second kappa shape index (κ2) is 3.90. The summed E-state index contributed by atoms with van der Waals surface area (Å²) in [5, 5.41) is 6.78. The van der Waals surface area contributed by atoms with Crippen LogP contribution in [0.15, 0.2) is 12.3 Å². The fraction of sp³-hybridized carbons (Fsp3) is 0.500. The topological polar surface area (TPSA) is 46.9 Å². The molecule has 66 valence electrons. The van der Waals surface area contributed by atoms with Crippen LogP contribution < -0.4 is 5.32 Å². The van der Waals surface area contributed by atoms with Gasteiger partial charge in [0.25, 0.3) is 0 Å². The zero-order valence-corrected chi connectivity index (χ0v) is 7.37. The van der Waals surface area contributed by atoms with Crippen LogP contribution in [0.1, 0.15) is 20.3 Å². The summed E-state index contributed by atoms with van der Waals surface area (Å²) < 4.78 is 1.77. The van der Waals surface area contributed by atoms with Gasteiger partial charge in [-0.15, -0.1) is 0 Å². The number of rotatable bonds is 3. The van der Waals surface area contributed by atoms with Gasteiger partial charge in [-0.1, -0.05) is 6.92 Å². The number of nitrogens with zero attached hydrogens (tertiary/aromatic N) is 2. The van der Waals surface area contributed by atoms with Crippen molar-refractivity contribution >= 4 is 11.7 Å². The lowest BCUT2D eigenvalue weighted by Gasteiger charge is -1.97. The second-order valence-corrected chi connectivity index (χ2v) is 2.46. The van der Waals surface area contributed by atoms with Crippen molar-refractivity contribution in [1.29, 1.82) is 0 Å². The maximum Gasteiger partial charge on any atom is 0.225 e. The normalized spacial score (nSPS) is 9.83. The lowest BCUT2D eigenvalue weighted by Crippen LogP contribution is -2.10. The molecule has 0 aliphatic carbocycles. The largest absolute Gasteiger partial charge is 0.309 e. The summed E-state index contributed by atoms with van der Waals surface area (Å²) in [5.74, 6) is 0.625. The molecule has 1 aromatic heterocycles. The minimum absolute atomic E-state index is 0.00338. The third-order valence-corrected chi connectivity index (χ3v) is 1.55. The van der Waals surface area contributed by atoms with E-state index >= 15 is 0 Å². The fourth-order valence-corrected chi connectivity index (χ4v) is 0.836. The molecule has 0 aromatic carbocycles. The molecular weight excluding hydrogens is 154 g/mol. The van der Waals surface area contributed by atoms with Crippen molar-refractivity contribution in [2.45, 2.75) is 26.8 Å². The summed E-state index contributed by atoms with van der Waals surface area (Å²) in [6.07, 6.45) is 2.32. The van der Waals surface area contributed by atoms with Crippen molar-refractivity contribution in [1.82, 2.24) is 9.78 Å². The first kappa shape index (κ1) is 8.77. The molecule has 1 rings (SSSR count). The lowest BCUT2D eigenvalue weighted by atomic mass is 10.4. The number of carbonyl (C=O) groups excluding carboxylic acids is 1. The fourth-order valence-electron chi connectivity index (χ4n) is 0.836. The van der Waals surface area contributed by atoms with Gasteiger partial charge in [0, 0.05) is 25.2 Å². The summed E-state index contributed by atoms with van der Waals surface area (Å²) in [6.45, 7) is 4.63. The molecule has 4 heteroatoms. The van der Waals surface area contributed by atoms with E-state index in [1.165, 1.54) is 0 Å². The van der Waals surface area contributed by atoms with Crippen LogP contribution in [0.2, 0.25) is 0 Å². The van der Waals surface area contributed by atoms with Gasteiger partial charge in [0.15, 0.2) is 5.82 Å². The number of hydrogen-bond acceptors (Lipinski definition) is 2. The third-order valence-electron chi connectivity index (χ3n) is 1.55. The molecule has 0 saturated heterocycles. The Morgan fingerprint density at radius 3 is 2.92 bits per heavy atom. The molecule has 12 heavy (non-hydrogen) atoms. The lowest BCUT2D eigenvalue weighted by molar-refractivity contribution is -0.115. The first-order valence-corrected chi connectivity index (χ1v) is 4.09. The standard InChI is InChI=1S/C8H13N3O/c1-3-8(12)9-7-5-6-11(4-2)10-7/h5-6H,3-4H2,1-2H3,(H,9,10,12). The highest BCUT2D eigenvalue weighted by molar-refractivity contribution is 5.89. The van der Waals surface area contributed by atoms with Crippen LogP contribution in [0.4, 0.5) is 5.82 Å². The Balaban J connectivity index is 2.58. The Kier molecular flexibility index (Phi) is 2.85. The number of aromatic nitrogens is 2. The molecule has 1 aromatic rings. The van der Waals surface area contributed by atoms with E-state index in [-0.39, 0.29) is 5.91 Å². The number of carbonyl (C=O) groups is 1. The molecule has 0 fully saturated rings. The van der Waals surface area contributed by atoms with Crippen LogP contribution >= 0.6 is 0 Å². The van der Waals surface area contributed by atoms with Gasteiger partial charge in [-0.2, -0.15) is 5.10 Å². The first-order valence-electron chi connectivity index (χ1n) is 4.09. The molecule has 0 bridgehead atoms. The van der Waals surface area contributed by atoms with Gasteiger partial charge in [-0.3, -0.25) is 9.48 Å². The van der Waals surface area contributed by atoms with Crippen LogP contribution in [0.3, 0.4) is 0 Å². The van der Waals surface area contributed by atoms with E-state index in [0.29, 0.717) is 12.2 Å². The number of hydrogen-bond donors (Lipinski definition) is 1. The Hall–Kier alpha value is -1.32. The quantitative estimate of drug-likeness (QED) is 0.736. The molecule has 0 unspecified atom stereocenters. The molecule has 0 radical (unpaired) electrons. The van der Waals surface area contributed by atoms with Gasteiger partial charge in [0.1, 0.15) is 0 Å². The summed E-state index contributed by atoms with van der Waals surface area (Å²) in [7, 11) is 0. The van der Waals surface area contributed by atoms with Gasteiger partial charge in [0.2, 0.25) is 5.91 Å². The van der Waals surface area contributed by atoms with Crippen LogP contribution in [-0.4, -0.2) is 15.7 Å². The smallest absolute Gasteiger partial charge is 0.225 e. The molecule has 1 amide bonds. The van der Waals surface area contributed by atoms with Crippen molar-refractivity contribution in [3.8, 4) is 0 Å². The third kappa shape index (κ3) is 2.08. The van der Waals surface area contributed by atoms with E-state index < -0.39 is 0 Å². The summed E-state index contributed by atoms with van der Waals surface area (Å²) >= 11 is 0. The van der Waals surface area contributed by atoms with E-state index in [2.05, 4.69) is 10.4 Å². The minimum atomic E-state index is -0.00338. The van der Waals surface area contributed by atoms with Gasteiger partial charge >= 0.3 is 0 Å². The maximum absolute atomic E-state index is 10.9. The molecule has 0 atom stereocenters. The van der Waals surface area contributed by atoms with Crippen LogP contribution in [-0.2, 0) is 11.3 Å². The average Bonchev–Trinajstić information content (AvgIpc) is 2.52. The molecule has 4 nitrogen and oxygen atoms in total. The van der Waals surface area contributed by atoms with Gasteiger partial charge < -0.3 is 5.32 Å². The predicted octanol–water partition coefficient (Wildman–Crippen LogP) is 1.25. The maximum atomic E-state index is 10.9. The molecule has 1 N–H and O–H groups in total. The monoisotopic (exact) mass is 167 g/mol. The zero-order valence-electron chi connectivity index (χ0n) is 7.37. The SMILES string of the molecule is CCC(=O)Nc1ccn(CC)n1. The van der Waals surface area contributed by atoms with Crippen LogP contribution in [0.5, 0.6) is 0 Å². The van der Waals surface area contributed by atoms with Crippen molar-refractivity contribution < 1.29 is 4.79 Å². The number of amides is 1. The second-order valence-electron chi connectivity index (χ2n) is 2.46. The average molecular weight is 167 g/mol. The minimum Gasteiger partial charge on any atom is -0.309 e. The van der Waals surface area contributed by atoms with Gasteiger partial charge in [-0.05, 0) is 6.92 Å². The molecular formula is C8H13N3O. The van der Waals surface area contributed by atoms with Gasteiger partial charge in [-0.25, -0.2) is 0 Å². The van der Waals surface area contributed by atoms with E-state index in [1.54, 1.807) is 10.7 Å². The van der Waals surface area contributed by atoms with E-state index in [1.807, 2.05) is 20.0 Å². The highest BCUT2D eigenvalue weighted by Gasteiger charge is 2.00. The Morgan fingerprint density at radius 1 is 1.67 bits per heavy atom. The van der Waals surface area contributed by atoms with E-state index in [0.717, 1.165) is 6.54 Å². The number of aryl methyl sites for hydroxylation is 1. The van der Waals surface area contributed by atoms with E-state index in [4.69, 9.17) is 0 Å². The molecule has 0 spiro atoms. The van der Waals surface area contributed by atoms with Crippen molar-refractivity contribution in [3.05, 3.63) is 12.3 Å². The first-order chi connectivity index (χ1) is 5.76. The molecule has 0 aliphatic rings. The van der Waals surface area contributed by atoms with Crippen LogP contribution in [0.25, 0.3) is 0 Å². The Labute approximate surface area is 71.6 Å². The van der Waals surface area contributed by atoms with Crippen molar-refractivity contribution in [2.75, 3.05) is 5.32 Å². The summed E-state index contributed by atoms with van der Waals surface area (Å²) in [6, 6.07) is 1.79. The number of anilines is 1. The summed E-state index contributed by atoms with van der Waals surface area (Å²) in [5.41, 5.74) is 0. The number of nitrogens with one attached hydrogen (secondary N) is 1. The van der Waals surface area contributed by atoms with E-state index in [9.17, 15) is 4.79 Å². The Morgan fingerprint density at radius 2 is 2.42 bits per heavy atom. The highest BCUT2D eigenvalue weighted by Crippen LogP contribution is 2.02. The Bertz CT molecular complexity index is 267. The summed E-state index contributed by atoms with van der Waals surface area (Å²) in [4.78, 5) is 10.9. The molecule has 0 aliphatic heterocycles. The zero-order chi connectivity index (χ0) is 8.97. The van der Waals surface area contributed by atoms with Gasteiger partial charge in [0.05, 0.1) is 0 Å². The predicted molar refractivity (Wildman–Crippen MR) is 46.8 cm³/mol.